The minimum absolute atomic E-state index is 0.0494. The van der Waals surface area contributed by atoms with Crippen molar-refractivity contribution in [2.45, 2.75) is 6.92 Å². The molecule has 0 unspecified atom stereocenters. The fraction of sp³-hybridized carbons (Fsp3) is 0.154. The first-order valence-electron chi connectivity index (χ1n) is 6.00. The van der Waals surface area contributed by atoms with Gasteiger partial charge in [0.05, 0.1) is 34.1 Å². The number of esters is 1. The Hall–Kier alpha value is -2.05. The van der Waals surface area contributed by atoms with Gasteiger partial charge in [-0.1, -0.05) is 29.3 Å². The molecule has 21 heavy (non-hydrogen) atoms. The highest BCUT2D eigenvalue weighted by Gasteiger charge is 2.20. The third-order valence-electron chi connectivity index (χ3n) is 2.56. The molecule has 2 N–H and O–H groups in total. The fourth-order valence-corrected chi connectivity index (χ4v) is 2.21. The number of aromatic amines is 1. The van der Waals surface area contributed by atoms with Crippen LogP contribution in [0.15, 0.2) is 24.4 Å². The van der Waals surface area contributed by atoms with Gasteiger partial charge in [0.15, 0.2) is 5.69 Å². The summed E-state index contributed by atoms with van der Waals surface area (Å²) < 4.78 is 4.85. The summed E-state index contributed by atoms with van der Waals surface area (Å²) in [7, 11) is 0. The van der Waals surface area contributed by atoms with Gasteiger partial charge in [-0.3, -0.25) is 9.89 Å². The molecule has 0 aliphatic heterocycles. The SMILES string of the molecule is CCOC(=O)c1[nH]ncc1NC(=O)c1c(Cl)cccc1Cl. The molecule has 0 aliphatic rings. The highest BCUT2D eigenvalue weighted by atomic mass is 35.5. The number of hydrogen-bond acceptors (Lipinski definition) is 4. The van der Waals surface area contributed by atoms with Gasteiger partial charge in [0, 0.05) is 0 Å². The van der Waals surface area contributed by atoms with Crippen LogP contribution in [-0.4, -0.2) is 28.7 Å². The summed E-state index contributed by atoms with van der Waals surface area (Å²) in [4.78, 5) is 23.9. The largest absolute Gasteiger partial charge is 0.461 e. The number of anilines is 1. The Kier molecular flexibility index (Phi) is 4.82. The average molecular weight is 328 g/mol. The van der Waals surface area contributed by atoms with Crippen LogP contribution in [0.1, 0.15) is 27.8 Å². The highest BCUT2D eigenvalue weighted by molar-refractivity contribution is 6.40. The minimum Gasteiger partial charge on any atom is -0.461 e. The van der Waals surface area contributed by atoms with E-state index in [1.807, 2.05) is 0 Å². The Morgan fingerprint density at radius 1 is 1.33 bits per heavy atom. The third-order valence-corrected chi connectivity index (χ3v) is 3.19. The van der Waals surface area contributed by atoms with Crippen LogP contribution < -0.4 is 5.32 Å². The van der Waals surface area contributed by atoms with Crippen molar-refractivity contribution in [1.29, 1.82) is 0 Å². The fourth-order valence-electron chi connectivity index (χ4n) is 1.64. The smallest absolute Gasteiger partial charge is 0.358 e. The van der Waals surface area contributed by atoms with E-state index in [0.717, 1.165) is 0 Å². The van der Waals surface area contributed by atoms with Crippen molar-refractivity contribution in [3.05, 3.63) is 45.7 Å². The van der Waals surface area contributed by atoms with Crippen LogP contribution in [0.5, 0.6) is 0 Å². The number of amides is 1. The van der Waals surface area contributed by atoms with Gasteiger partial charge >= 0.3 is 5.97 Å². The molecule has 6 nitrogen and oxygen atoms in total. The number of nitrogens with one attached hydrogen (secondary N) is 2. The van der Waals surface area contributed by atoms with Gasteiger partial charge in [-0.2, -0.15) is 5.10 Å². The molecule has 0 spiro atoms. The number of carbonyl (C=O) groups is 2. The molecule has 0 radical (unpaired) electrons. The van der Waals surface area contributed by atoms with Crippen molar-refractivity contribution in [2.24, 2.45) is 0 Å². The number of aromatic nitrogens is 2. The number of hydrogen-bond donors (Lipinski definition) is 2. The maximum atomic E-state index is 12.2. The number of ether oxygens (including phenoxy) is 1. The summed E-state index contributed by atoms with van der Waals surface area (Å²) in [5.74, 6) is -1.16. The Morgan fingerprint density at radius 3 is 2.62 bits per heavy atom. The van der Waals surface area contributed by atoms with Gasteiger partial charge < -0.3 is 10.1 Å². The second kappa shape index (κ2) is 6.60. The molecule has 0 atom stereocenters. The molecule has 2 aromatic rings. The molecule has 0 bridgehead atoms. The van der Waals surface area contributed by atoms with Crippen molar-refractivity contribution in [1.82, 2.24) is 10.2 Å². The lowest BCUT2D eigenvalue weighted by Crippen LogP contribution is -2.16. The summed E-state index contributed by atoms with van der Waals surface area (Å²) in [6, 6.07) is 4.72. The topological polar surface area (TPSA) is 84.1 Å². The van der Waals surface area contributed by atoms with Gasteiger partial charge in [-0.05, 0) is 19.1 Å². The molecule has 0 saturated heterocycles. The number of H-pyrrole nitrogens is 1. The Bertz CT molecular complexity index is 665. The molecule has 1 amide bonds. The van der Waals surface area contributed by atoms with E-state index >= 15 is 0 Å². The molecular formula is C13H11Cl2N3O3. The van der Waals surface area contributed by atoms with Crippen LogP contribution in [0.4, 0.5) is 5.69 Å². The predicted octanol–water partition coefficient (Wildman–Crippen LogP) is 3.15. The van der Waals surface area contributed by atoms with Crippen molar-refractivity contribution in [3.8, 4) is 0 Å². The molecule has 1 aromatic heterocycles. The first-order valence-corrected chi connectivity index (χ1v) is 6.76. The van der Waals surface area contributed by atoms with Crippen LogP contribution >= 0.6 is 23.2 Å². The van der Waals surface area contributed by atoms with Gasteiger partial charge in [0.2, 0.25) is 0 Å². The van der Waals surface area contributed by atoms with E-state index in [1.54, 1.807) is 25.1 Å². The molecule has 110 valence electrons. The Labute approximate surface area is 130 Å². The monoisotopic (exact) mass is 327 g/mol. The zero-order valence-electron chi connectivity index (χ0n) is 10.9. The summed E-state index contributed by atoms with van der Waals surface area (Å²) in [6.45, 7) is 1.89. The number of benzene rings is 1. The van der Waals surface area contributed by atoms with Gasteiger partial charge in [-0.25, -0.2) is 4.79 Å². The van der Waals surface area contributed by atoms with E-state index in [1.165, 1.54) is 6.20 Å². The molecule has 1 aromatic carbocycles. The maximum Gasteiger partial charge on any atom is 0.358 e. The van der Waals surface area contributed by atoms with E-state index in [2.05, 4.69) is 15.5 Å². The number of rotatable bonds is 4. The second-order valence-electron chi connectivity index (χ2n) is 3.93. The molecular weight excluding hydrogens is 317 g/mol. The second-order valence-corrected chi connectivity index (χ2v) is 4.74. The molecule has 0 fully saturated rings. The first-order chi connectivity index (χ1) is 10.0. The van der Waals surface area contributed by atoms with Crippen molar-refractivity contribution >= 4 is 40.8 Å². The standard InChI is InChI=1S/C13H11Cl2N3O3/c1-2-21-13(20)11-9(6-16-18-11)17-12(19)10-7(14)4-3-5-8(10)15/h3-6H,2H2,1H3,(H,16,18)(H,17,19). The van der Waals surface area contributed by atoms with E-state index in [4.69, 9.17) is 27.9 Å². The van der Waals surface area contributed by atoms with Gasteiger partial charge in [-0.15, -0.1) is 0 Å². The van der Waals surface area contributed by atoms with Crippen LogP contribution in [0.25, 0.3) is 0 Å². The van der Waals surface area contributed by atoms with E-state index < -0.39 is 11.9 Å². The molecule has 1 heterocycles. The van der Waals surface area contributed by atoms with E-state index in [0.29, 0.717) is 0 Å². The summed E-state index contributed by atoms with van der Waals surface area (Å²) in [6.07, 6.45) is 1.30. The number of halogens is 2. The minimum atomic E-state index is -0.615. The maximum absolute atomic E-state index is 12.2. The predicted molar refractivity (Wildman–Crippen MR) is 79.0 cm³/mol. The lowest BCUT2D eigenvalue weighted by molar-refractivity contribution is 0.0520. The van der Waals surface area contributed by atoms with Crippen molar-refractivity contribution in [3.63, 3.8) is 0 Å². The Morgan fingerprint density at radius 2 is 2.00 bits per heavy atom. The summed E-state index contributed by atoms with van der Waals surface area (Å²) in [5, 5.41) is 9.13. The van der Waals surface area contributed by atoms with Crippen LogP contribution in [0.3, 0.4) is 0 Å². The first kappa shape index (κ1) is 15.3. The quantitative estimate of drug-likeness (QED) is 0.845. The molecule has 2 rings (SSSR count). The summed E-state index contributed by atoms with van der Waals surface area (Å²) in [5.41, 5.74) is 0.361. The zero-order chi connectivity index (χ0) is 15.4. The molecule has 0 aliphatic carbocycles. The van der Waals surface area contributed by atoms with Crippen LogP contribution in [-0.2, 0) is 4.74 Å². The normalized spacial score (nSPS) is 10.2. The zero-order valence-corrected chi connectivity index (χ0v) is 12.5. The third kappa shape index (κ3) is 3.34. The lowest BCUT2D eigenvalue weighted by atomic mass is 10.2. The van der Waals surface area contributed by atoms with E-state index in [-0.39, 0.29) is 33.6 Å². The number of carbonyl (C=O) groups excluding carboxylic acids is 2. The average Bonchev–Trinajstić information content (AvgIpc) is 2.87. The Balaban J connectivity index is 2.25. The summed E-state index contributed by atoms with van der Waals surface area (Å²) >= 11 is 11.9. The van der Waals surface area contributed by atoms with Crippen molar-refractivity contribution < 1.29 is 14.3 Å². The molecule has 0 saturated carbocycles. The number of nitrogens with zero attached hydrogens (tertiary/aromatic N) is 1. The molecule has 8 heteroatoms. The van der Waals surface area contributed by atoms with Gasteiger partial charge in [0.1, 0.15) is 0 Å². The highest BCUT2D eigenvalue weighted by Crippen LogP contribution is 2.25. The lowest BCUT2D eigenvalue weighted by Gasteiger charge is -2.08. The van der Waals surface area contributed by atoms with Crippen LogP contribution in [0.2, 0.25) is 10.0 Å². The van der Waals surface area contributed by atoms with Crippen molar-refractivity contribution in [2.75, 3.05) is 11.9 Å². The van der Waals surface area contributed by atoms with Crippen LogP contribution in [0, 0.1) is 0 Å². The van der Waals surface area contributed by atoms with E-state index in [9.17, 15) is 9.59 Å². The van der Waals surface area contributed by atoms with Gasteiger partial charge in [0.25, 0.3) is 5.91 Å².